The normalized spacial score (nSPS) is 12.4. The molecule has 1 heterocycles. The third-order valence-corrected chi connectivity index (χ3v) is 4.99. The summed E-state index contributed by atoms with van der Waals surface area (Å²) in [6, 6.07) is 7.87. The van der Waals surface area contributed by atoms with Gasteiger partial charge in [-0.2, -0.15) is 11.3 Å². The molecule has 0 saturated carbocycles. The Labute approximate surface area is 182 Å². The predicted molar refractivity (Wildman–Crippen MR) is 125 cm³/mol. The van der Waals surface area contributed by atoms with E-state index >= 15 is 0 Å². The molecule has 0 aliphatic rings. The minimum atomic E-state index is 0. The fraction of sp³-hybridized carbons (Fsp3) is 0.421. The summed E-state index contributed by atoms with van der Waals surface area (Å²) >= 11 is 1.70. The van der Waals surface area contributed by atoms with E-state index in [9.17, 15) is 0 Å². The number of anilines is 1. The minimum Gasteiger partial charge on any atom is -0.497 e. The first-order valence-electron chi connectivity index (χ1n) is 8.68. The molecule has 2 aromatic rings. The van der Waals surface area contributed by atoms with E-state index in [1.165, 1.54) is 5.56 Å². The maximum absolute atomic E-state index is 6.13. The largest absolute Gasteiger partial charge is 0.497 e. The number of benzene rings is 1. The highest BCUT2D eigenvalue weighted by molar-refractivity contribution is 14.0. The number of aliphatic imine (C=N–C) groups is 1. The van der Waals surface area contributed by atoms with Crippen molar-refractivity contribution in [2.75, 3.05) is 39.2 Å². The zero-order chi connectivity index (χ0) is 18.9. The van der Waals surface area contributed by atoms with Crippen molar-refractivity contribution in [3.63, 3.8) is 0 Å². The number of guanidine groups is 1. The fourth-order valence-electron chi connectivity index (χ4n) is 2.83. The van der Waals surface area contributed by atoms with Crippen LogP contribution in [0.15, 0.2) is 40.0 Å². The molecule has 2 rings (SSSR count). The average molecular weight is 504 g/mol. The number of halogens is 1. The monoisotopic (exact) mass is 504 g/mol. The van der Waals surface area contributed by atoms with Gasteiger partial charge in [0.15, 0.2) is 5.96 Å². The summed E-state index contributed by atoms with van der Waals surface area (Å²) in [6.45, 7) is 6.83. The van der Waals surface area contributed by atoms with E-state index in [0.29, 0.717) is 18.3 Å². The standard InChI is InChI=1S/C19H28N4O2S.HI/c1-5-23(6-2)17(14-9-10-26-13-14)12-21-19(20)22-16-11-15(24-3)7-8-18(16)25-4;/h7-11,13,17H,5-6,12H2,1-4H3,(H3,20,21,22);1H. The number of methoxy groups -OCH3 is 2. The number of thiophene rings is 1. The average Bonchev–Trinajstić information content (AvgIpc) is 3.19. The molecule has 0 bridgehead atoms. The third kappa shape index (κ3) is 6.54. The van der Waals surface area contributed by atoms with Crippen molar-refractivity contribution < 1.29 is 9.47 Å². The van der Waals surface area contributed by atoms with Gasteiger partial charge < -0.3 is 20.5 Å². The number of hydrogen-bond acceptors (Lipinski definition) is 5. The molecular weight excluding hydrogens is 475 g/mol. The summed E-state index contributed by atoms with van der Waals surface area (Å²) in [4.78, 5) is 6.95. The Bertz CT molecular complexity index is 706. The van der Waals surface area contributed by atoms with Gasteiger partial charge in [-0.05, 0) is 47.6 Å². The lowest BCUT2D eigenvalue weighted by atomic mass is 10.1. The van der Waals surface area contributed by atoms with Crippen molar-refractivity contribution in [2.45, 2.75) is 19.9 Å². The molecule has 0 aliphatic heterocycles. The Balaban J connectivity index is 0.00000364. The second-order valence-corrected chi connectivity index (χ2v) is 6.49. The first-order chi connectivity index (χ1) is 12.6. The van der Waals surface area contributed by atoms with Crippen LogP contribution in [0.1, 0.15) is 25.5 Å². The Morgan fingerprint density at radius 3 is 2.52 bits per heavy atom. The number of nitrogens with zero attached hydrogens (tertiary/aromatic N) is 2. The lowest BCUT2D eigenvalue weighted by molar-refractivity contribution is 0.225. The molecule has 1 aromatic carbocycles. The summed E-state index contributed by atoms with van der Waals surface area (Å²) in [7, 11) is 3.24. The molecule has 6 nitrogen and oxygen atoms in total. The van der Waals surface area contributed by atoms with Gasteiger partial charge in [0.05, 0.1) is 32.5 Å². The van der Waals surface area contributed by atoms with E-state index in [0.717, 1.165) is 24.5 Å². The molecular formula is C19H29IN4O2S. The SMILES string of the molecule is CCN(CC)C(CN=C(N)Nc1cc(OC)ccc1OC)c1ccsc1.I. The molecule has 27 heavy (non-hydrogen) atoms. The van der Waals surface area contributed by atoms with Crippen LogP contribution in [-0.4, -0.2) is 44.7 Å². The molecule has 150 valence electrons. The highest BCUT2D eigenvalue weighted by Crippen LogP contribution is 2.29. The van der Waals surface area contributed by atoms with Gasteiger partial charge in [-0.3, -0.25) is 9.89 Å². The van der Waals surface area contributed by atoms with E-state index in [4.69, 9.17) is 15.2 Å². The van der Waals surface area contributed by atoms with Gasteiger partial charge >= 0.3 is 0 Å². The number of likely N-dealkylation sites (N-methyl/N-ethyl adjacent to an activating group) is 1. The van der Waals surface area contributed by atoms with Crippen LogP contribution in [0.5, 0.6) is 11.5 Å². The van der Waals surface area contributed by atoms with Gasteiger partial charge in [-0.15, -0.1) is 24.0 Å². The second-order valence-electron chi connectivity index (χ2n) is 5.71. The van der Waals surface area contributed by atoms with Gasteiger partial charge in [0.25, 0.3) is 0 Å². The molecule has 3 N–H and O–H groups in total. The molecule has 1 unspecified atom stereocenters. The summed E-state index contributed by atoms with van der Waals surface area (Å²) < 4.78 is 10.6. The number of hydrogen-bond donors (Lipinski definition) is 2. The summed E-state index contributed by atoms with van der Waals surface area (Å²) in [6.07, 6.45) is 0. The molecule has 1 aromatic heterocycles. The molecule has 0 radical (unpaired) electrons. The quantitative estimate of drug-likeness (QED) is 0.305. The van der Waals surface area contributed by atoms with Crippen molar-refractivity contribution in [3.05, 3.63) is 40.6 Å². The van der Waals surface area contributed by atoms with Crippen LogP contribution in [-0.2, 0) is 0 Å². The molecule has 0 spiro atoms. The highest BCUT2D eigenvalue weighted by atomic mass is 127. The summed E-state index contributed by atoms with van der Waals surface area (Å²) in [5.41, 5.74) is 8.13. The van der Waals surface area contributed by atoms with Crippen LogP contribution in [0.25, 0.3) is 0 Å². The Kier molecular flexibility index (Phi) is 10.5. The van der Waals surface area contributed by atoms with Crippen LogP contribution in [0.4, 0.5) is 5.69 Å². The van der Waals surface area contributed by atoms with Crippen molar-refractivity contribution in [2.24, 2.45) is 10.7 Å². The predicted octanol–water partition coefficient (Wildman–Crippen LogP) is 4.19. The first-order valence-corrected chi connectivity index (χ1v) is 9.62. The van der Waals surface area contributed by atoms with Crippen LogP contribution < -0.4 is 20.5 Å². The van der Waals surface area contributed by atoms with Gasteiger partial charge in [0.2, 0.25) is 0 Å². The van der Waals surface area contributed by atoms with E-state index in [1.54, 1.807) is 25.6 Å². The Hall–Kier alpha value is -1.52. The van der Waals surface area contributed by atoms with Gasteiger partial charge in [0.1, 0.15) is 11.5 Å². The van der Waals surface area contributed by atoms with Crippen molar-refractivity contribution in [3.8, 4) is 11.5 Å². The maximum Gasteiger partial charge on any atom is 0.193 e. The van der Waals surface area contributed by atoms with Crippen LogP contribution >= 0.6 is 35.3 Å². The van der Waals surface area contributed by atoms with Crippen molar-refractivity contribution >= 4 is 47.0 Å². The van der Waals surface area contributed by atoms with Crippen LogP contribution in [0.3, 0.4) is 0 Å². The first kappa shape index (κ1) is 23.5. The van der Waals surface area contributed by atoms with Crippen molar-refractivity contribution in [1.82, 2.24) is 4.90 Å². The topological polar surface area (TPSA) is 72.1 Å². The fourth-order valence-corrected chi connectivity index (χ4v) is 3.54. The van der Waals surface area contributed by atoms with E-state index in [2.05, 4.69) is 45.9 Å². The van der Waals surface area contributed by atoms with Gasteiger partial charge in [0, 0.05) is 6.07 Å². The number of rotatable bonds is 9. The molecule has 1 atom stereocenters. The lowest BCUT2D eigenvalue weighted by Crippen LogP contribution is -2.31. The molecule has 8 heteroatoms. The second kappa shape index (κ2) is 12.0. The number of ether oxygens (including phenoxy) is 2. The van der Waals surface area contributed by atoms with E-state index in [-0.39, 0.29) is 30.0 Å². The van der Waals surface area contributed by atoms with Crippen LogP contribution in [0, 0.1) is 0 Å². The third-order valence-electron chi connectivity index (χ3n) is 4.29. The van der Waals surface area contributed by atoms with E-state index < -0.39 is 0 Å². The molecule has 0 aliphatic carbocycles. The van der Waals surface area contributed by atoms with E-state index in [1.807, 2.05) is 18.2 Å². The van der Waals surface area contributed by atoms with Gasteiger partial charge in [-0.1, -0.05) is 13.8 Å². The Morgan fingerprint density at radius 1 is 1.22 bits per heavy atom. The lowest BCUT2D eigenvalue weighted by Gasteiger charge is -2.28. The molecule has 0 fully saturated rings. The minimum absolute atomic E-state index is 0. The molecule has 0 saturated heterocycles. The summed E-state index contributed by atoms with van der Waals surface area (Å²) in [5, 5.41) is 7.39. The van der Waals surface area contributed by atoms with Crippen LogP contribution in [0.2, 0.25) is 0 Å². The zero-order valence-corrected chi connectivity index (χ0v) is 19.4. The number of nitrogens with one attached hydrogen (secondary N) is 1. The zero-order valence-electron chi connectivity index (χ0n) is 16.3. The Morgan fingerprint density at radius 2 is 1.96 bits per heavy atom. The van der Waals surface area contributed by atoms with Crippen molar-refractivity contribution in [1.29, 1.82) is 0 Å². The summed E-state index contributed by atoms with van der Waals surface area (Å²) in [5.74, 6) is 1.76. The number of nitrogens with two attached hydrogens (primary N) is 1. The molecule has 0 amide bonds. The maximum atomic E-state index is 6.13. The highest BCUT2D eigenvalue weighted by Gasteiger charge is 2.18. The van der Waals surface area contributed by atoms with Gasteiger partial charge in [-0.25, -0.2) is 0 Å². The smallest absolute Gasteiger partial charge is 0.193 e.